The Morgan fingerprint density at radius 1 is 1.55 bits per heavy atom. The van der Waals surface area contributed by atoms with E-state index in [1.54, 1.807) is 13.8 Å². The highest BCUT2D eigenvalue weighted by atomic mass is 16.4. The smallest absolute Gasteiger partial charge is 0.223 e. The summed E-state index contributed by atoms with van der Waals surface area (Å²) in [5.41, 5.74) is 0.706. The average Bonchev–Trinajstić information content (AvgIpc) is 2.09. The molecule has 0 unspecified atom stereocenters. The number of aryl methyl sites for hydroxylation is 2. The molecule has 1 amide bonds. The number of aromatic nitrogens is 1. The predicted molar refractivity (Wildman–Crippen MR) is 40.3 cm³/mol. The van der Waals surface area contributed by atoms with Gasteiger partial charge in [0, 0.05) is 13.8 Å². The molecule has 1 heterocycles. The van der Waals surface area contributed by atoms with Crippen LogP contribution < -0.4 is 5.32 Å². The van der Waals surface area contributed by atoms with Crippen molar-refractivity contribution in [3.05, 3.63) is 11.6 Å². The first kappa shape index (κ1) is 7.78. The molecule has 0 aliphatic heterocycles. The Morgan fingerprint density at radius 2 is 2.18 bits per heavy atom. The lowest BCUT2D eigenvalue weighted by molar-refractivity contribution is -0.114. The Bertz CT molecular complexity index is 278. The number of nitrogens with zero attached hydrogens (tertiary/aromatic N) is 1. The summed E-state index contributed by atoms with van der Waals surface area (Å²) in [6.45, 7) is 4.94. The van der Waals surface area contributed by atoms with Gasteiger partial charge < -0.3 is 4.42 Å². The van der Waals surface area contributed by atoms with E-state index in [-0.39, 0.29) is 5.91 Å². The molecule has 1 aromatic rings. The zero-order valence-corrected chi connectivity index (χ0v) is 6.76. The molecule has 0 aliphatic carbocycles. The van der Waals surface area contributed by atoms with Gasteiger partial charge in [0.05, 0.1) is 0 Å². The van der Waals surface area contributed by atoms with E-state index in [0.29, 0.717) is 17.5 Å². The molecule has 0 atom stereocenters. The molecule has 0 aliphatic rings. The molecule has 4 heteroatoms. The molecular formula is C7H10N2O2. The third kappa shape index (κ3) is 1.80. The molecule has 4 nitrogen and oxygen atoms in total. The molecule has 0 saturated heterocycles. The van der Waals surface area contributed by atoms with Crippen LogP contribution in [0.4, 0.5) is 5.88 Å². The molecule has 0 fully saturated rings. The molecule has 0 spiro atoms. The number of hydrogen-bond donors (Lipinski definition) is 1. The van der Waals surface area contributed by atoms with Crippen LogP contribution in [0.1, 0.15) is 18.5 Å². The monoisotopic (exact) mass is 154 g/mol. The molecule has 11 heavy (non-hydrogen) atoms. The Morgan fingerprint density at radius 3 is 2.55 bits per heavy atom. The normalized spacial score (nSPS) is 9.73. The number of nitrogens with one attached hydrogen (secondary N) is 1. The molecule has 0 radical (unpaired) electrons. The first-order chi connectivity index (χ1) is 5.09. The number of carbonyl (C=O) groups excluding carboxylic acids is 1. The van der Waals surface area contributed by atoms with Crippen molar-refractivity contribution >= 4 is 11.8 Å². The summed E-state index contributed by atoms with van der Waals surface area (Å²) in [6, 6.07) is 0. The van der Waals surface area contributed by atoms with E-state index in [1.165, 1.54) is 6.92 Å². The first-order valence-corrected chi connectivity index (χ1v) is 3.31. The Balaban J connectivity index is 2.85. The fourth-order valence-electron chi connectivity index (χ4n) is 0.807. The van der Waals surface area contributed by atoms with Gasteiger partial charge in [-0.15, -0.1) is 0 Å². The van der Waals surface area contributed by atoms with E-state index >= 15 is 0 Å². The Labute approximate surface area is 64.6 Å². The lowest BCUT2D eigenvalue weighted by Gasteiger charge is -1.94. The van der Waals surface area contributed by atoms with Crippen LogP contribution in [0.2, 0.25) is 0 Å². The minimum atomic E-state index is -0.149. The third-order valence-electron chi connectivity index (χ3n) is 1.19. The summed E-state index contributed by atoms with van der Waals surface area (Å²) in [7, 11) is 0. The predicted octanol–water partition coefficient (Wildman–Crippen LogP) is 1.25. The van der Waals surface area contributed by atoms with Crippen LogP contribution in [0.25, 0.3) is 0 Å². The van der Waals surface area contributed by atoms with Crippen molar-refractivity contribution in [1.82, 2.24) is 4.98 Å². The second-order valence-electron chi connectivity index (χ2n) is 2.33. The lowest BCUT2D eigenvalue weighted by atomic mass is 10.5. The van der Waals surface area contributed by atoms with Gasteiger partial charge in [-0.25, -0.2) is 4.98 Å². The highest BCUT2D eigenvalue weighted by Gasteiger charge is 2.06. The van der Waals surface area contributed by atoms with Crippen molar-refractivity contribution in [3.63, 3.8) is 0 Å². The Kier molecular flexibility index (Phi) is 1.94. The van der Waals surface area contributed by atoms with Gasteiger partial charge in [0.2, 0.25) is 11.8 Å². The van der Waals surface area contributed by atoms with E-state index < -0.39 is 0 Å². The van der Waals surface area contributed by atoms with Crippen molar-refractivity contribution < 1.29 is 9.21 Å². The van der Waals surface area contributed by atoms with Crippen molar-refractivity contribution in [2.45, 2.75) is 20.8 Å². The summed E-state index contributed by atoms with van der Waals surface area (Å²) in [6.07, 6.45) is 0. The standard InChI is InChI=1S/C7H10N2O2/c1-4-7(9-5(2)10)11-6(3)8-4/h1-3H3,(H,9,10). The maximum absolute atomic E-state index is 10.6. The SMILES string of the molecule is CC(=O)Nc1oc(C)nc1C. The quantitative estimate of drug-likeness (QED) is 0.662. The molecule has 60 valence electrons. The maximum atomic E-state index is 10.6. The molecule has 1 aromatic heterocycles. The number of amides is 1. The van der Waals surface area contributed by atoms with Gasteiger partial charge in [-0.1, -0.05) is 0 Å². The zero-order valence-electron chi connectivity index (χ0n) is 6.76. The summed E-state index contributed by atoms with van der Waals surface area (Å²) < 4.78 is 5.08. The number of anilines is 1. The topological polar surface area (TPSA) is 55.1 Å². The van der Waals surface area contributed by atoms with Crippen LogP contribution in [-0.4, -0.2) is 10.9 Å². The molecule has 1 rings (SSSR count). The van der Waals surface area contributed by atoms with E-state index in [1.807, 2.05) is 0 Å². The van der Waals surface area contributed by atoms with Crippen LogP contribution >= 0.6 is 0 Å². The average molecular weight is 154 g/mol. The van der Waals surface area contributed by atoms with Gasteiger partial charge in [-0.05, 0) is 6.92 Å². The molecule has 0 aromatic carbocycles. The zero-order chi connectivity index (χ0) is 8.43. The minimum Gasteiger partial charge on any atom is -0.425 e. The number of hydrogen-bond acceptors (Lipinski definition) is 3. The van der Waals surface area contributed by atoms with E-state index in [4.69, 9.17) is 4.42 Å². The first-order valence-electron chi connectivity index (χ1n) is 3.31. The second-order valence-corrected chi connectivity index (χ2v) is 2.33. The summed E-state index contributed by atoms with van der Waals surface area (Å²) >= 11 is 0. The van der Waals surface area contributed by atoms with Crippen LogP contribution in [-0.2, 0) is 4.79 Å². The number of oxazole rings is 1. The van der Waals surface area contributed by atoms with Crippen molar-refractivity contribution in [2.24, 2.45) is 0 Å². The molecule has 0 saturated carbocycles. The van der Waals surface area contributed by atoms with Crippen LogP contribution in [0, 0.1) is 13.8 Å². The lowest BCUT2D eigenvalue weighted by Crippen LogP contribution is -2.05. The van der Waals surface area contributed by atoms with Crippen LogP contribution in [0.5, 0.6) is 0 Å². The van der Waals surface area contributed by atoms with Gasteiger partial charge in [-0.2, -0.15) is 0 Å². The second kappa shape index (κ2) is 2.74. The summed E-state index contributed by atoms with van der Waals surface area (Å²) in [4.78, 5) is 14.6. The van der Waals surface area contributed by atoms with Crippen molar-refractivity contribution in [1.29, 1.82) is 0 Å². The fraction of sp³-hybridized carbons (Fsp3) is 0.429. The minimum absolute atomic E-state index is 0.149. The fourth-order valence-corrected chi connectivity index (χ4v) is 0.807. The Hall–Kier alpha value is -1.32. The van der Waals surface area contributed by atoms with Gasteiger partial charge >= 0.3 is 0 Å². The molecular weight excluding hydrogens is 144 g/mol. The van der Waals surface area contributed by atoms with Gasteiger partial charge in [0.1, 0.15) is 5.69 Å². The maximum Gasteiger partial charge on any atom is 0.223 e. The largest absolute Gasteiger partial charge is 0.425 e. The summed E-state index contributed by atoms with van der Waals surface area (Å²) in [5, 5.41) is 2.53. The van der Waals surface area contributed by atoms with E-state index in [0.717, 1.165) is 0 Å². The van der Waals surface area contributed by atoms with Gasteiger partial charge in [0.25, 0.3) is 0 Å². The molecule has 0 bridgehead atoms. The molecule has 1 N–H and O–H groups in total. The van der Waals surface area contributed by atoms with Crippen LogP contribution in [0.15, 0.2) is 4.42 Å². The summed E-state index contributed by atoms with van der Waals surface area (Å²) in [5.74, 6) is 0.852. The van der Waals surface area contributed by atoms with E-state index in [2.05, 4.69) is 10.3 Å². The number of rotatable bonds is 1. The van der Waals surface area contributed by atoms with Gasteiger partial charge in [-0.3, -0.25) is 10.1 Å². The van der Waals surface area contributed by atoms with Crippen LogP contribution in [0.3, 0.4) is 0 Å². The van der Waals surface area contributed by atoms with E-state index in [9.17, 15) is 4.79 Å². The highest BCUT2D eigenvalue weighted by Crippen LogP contribution is 2.14. The number of carbonyl (C=O) groups is 1. The van der Waals surface area contributed by atoms with Crippen molar-refractivity contribution in [3.8, 4) is 0 Å². The van der Waals surface area contributed by atoms with Crippen molar-refractivity contribution in [2.75, 3.05) is 5.32 Å². The van der Waals surface area contributed by atoms with Gasteiger partial charge in [0.15, 0.2) is 5.89 Å². The highest BCUT2D eigenvalue weighted by molar-refractivity contribution is 5.87. The third-order valence-corrected chi connectivity index (χ3v) is 1.19.